The zero-order valence-electron chi connectivity index (χ0n) is 23.3. The second-order valence-electron chi connectivity index (χ2n) is 11.9. The molecule has 39 heavy (non-hydrogen) atoms. The van der Waals surface area contributed by atoms with Gasteiger partial charge in [0.25, 0.3) is 8.32 Å². The molecule has 0 radical (unpaired) electrons. The van der Waals surface area contributed by atoms with Gasteiger partial charge < -0.3 is 4.43 Å². The number of benzene rings is 3. The molecule has 0 aliphatic heterocycles. The first kappa shape index (κ1) is 27.8. The van der Waals surface area contributed by atoms with Crippen LogP contribution in [0.15, 0.2) is 120 Å². The van der Waals surface area contributed by atoms with Crippen LogP contribution in [0, 0.1) is 5.92 Å². The Balaban J connectivity index is 1.49. The van der Waals surface area contributed by atoms with E-state index in [-0.39, 0.29) is 11.0 Å². The number of allylic oxidation sites excluding steroid dienone is 3. The predicted molar refractivity (Wildman–Crippen MR) is 164 cm³/mol. The Bertz CT molecular complexity index is 1380. The van der Waals surface area contributed by atoms with Crippen molar-refractivity contribution in [3.63, 3.8) is 0 Å². The molecule has 3 aromatic rings. The summed E-state index contributed by atoms with van der Waals surface area (Å²) in [5, 5.41) is 2.37. The summed E-state index contributed by atoms with van der Waals surface area (Å²) in [5.41, 5.74) is 1.10. The minimum absolute atomic E-state index is 0.115. The highest BCUT2D eigenvalue weighted by Crippen LogP contribution is 2.49. The third-order valence-electron chi connectivity index (χ3n) is 8.61. The molecule has 0 N–H and O–H groups in total. The summed E-state index contributed by atoms with van der Waals surface area (Å²) in [6.07, 6.45) is 10.2. The first-order valence-corrected chi connectivity index (χ1v) is 17.5. The van der Waals surface area contributed by atoms with Gasteiger partial charge in [-0.3, -0.25) is 0 Å². The summed E-state index contributed by atoms with van der Waals surface area (Å²) < 4.78 is 34.9. The van der Waals surface area contributed by atoms with Crippen molar-refractivity contribution in [3.8, 4) is 0 Å². The van der Waals surface area contributed by atoms with Gasteiger partial charge >= 0.3 is 0 Å². The molecule has 3 nitrogen and oxygen atoms in total. The summed E-state index contributed by atoms with van der Waals surface area (Å²) in [6.45, 7) is 7.35. The van der Waals surface area contributed by atoms with Crippen LogP contribution in [0.4, 0.5) is 0 Å². The molecule has 0 aromatic heterocycles. The highest BCUT2D eigenvalue weighted by atomic mass is 32.2. The van der Waals surface area contributed by atoms with E-state index in [9.17, 15) is 8.42 Å². The highest BCUT2D eigenvalue weighted by Gasteiger charge is 2.52. The lowest BCUT2D eigenvalue weighted by atomic mass is 9.79. The molecule has 0 heterocycles. The van der Waals surface area contributed by atoms with Gasteiger partial charge in [0.15, 0.2) is 9.84 Å². The van der Waals surface area contributed by atoms with Crippen molar-refractivity contribution < 1.29 is 12.8 Å². The van der Waals surface area contributed by atoms with Crippen molar-refractivity contribution in [2.45, 2.75) is 67.6 Å². The molecule has 0 amide bonds. The lowest BCUT2D eigenvalue weighted by molar-refractivity contribution is 0.280. The first-order valence-electron chi connectivity index (χ1n) is 14.1. The molecule has 204 valence electrons. The lowest BCUT2D eigenvalue weighted by Crippen LogP contribution is -2.66. The lowest BCUT2D eigenvalue weighted by Gasteiger charge is -2.43. The Kier molecular flexibility index (Phi) is 7.87. The van der Waals surface area contributed by atoms with Crippen LogP contribution in [-0.4, -0.2) is 28.1 Å². The summed E-state index contributed by atoms with van der Waals surface area (Å²) >= 11 is 0. The fourth-order valence-corrected chi connectivity index (χ4v) is 13.7. The molecule has 5 heteroatoms. The highest BCUT2D eigenvalue weighted by molar-refractivity contribution is 7.93. The maximum absolute atomic E-state index is 14.3. The van der Waals surface area contributed by atoms with Gasteiger partial charge in [0.1, 0.15) is 4.75 Å². The summed E-state index contributed by atoms with van der Waals surface area (Å²) in [4.78, 5) is 0.416. The largest absolute Gasteiger partial charge is 0.407 e. The standard InChI is InChI=1S/C34H40O3SSi/c1-33(2,3)39(30-20-9-5-10-21-30,31-22-11-6-12-23-31)37-27-15-26-34(25-14-17-28-16-13-24-32(28)34)38(35,36)29-18-7-4-8-19-29/h4-12,14,17-24,28H,13,15-16,25-27H2,1-3H3/t28-,34-/m0/s1. The van der Waals surface area contributed by atoms with E-state index >= 15 is 0 Å². The molecule has 0 bridgehead atoms. The van der Waals surface area contributed by atoms with Crippen molar-refractivity contribution in [2.75, 3.05) is 6.61 Å². The van der Waals surface area contributed by atoms with Crippen LogP contribution in [0.1, 0.15) is 52.9 Å². The monoisotopic (exact) mass is 556 g/mol. The Labute approximate surface area is 235 Å². The van der Waals surface area contributed by atoms with Crippen LogP contribution in [0.3, 0.4) is 0 Å². The minimum atomic E-state index is -3.59. The van der Waals surface area contributed by atoms with Gasteiger partial charge in [-0.05, 0) is 71.1 Å². The molecule has 2 aliphatic carbocycles. The van der Waals surface area contributed by atoms with Crippen LogP contribution < -0.4 is 10.4 Å². The summed E-state index contributed by atoms with van der Waals surface area (Å²) in [5.74, 6) is 0.217. The van der Waals surface area contributed by atoms with Gasteiger partial charge in [-0.2, -0.15) is 0 Å². The number of fused-ring (bicyclic) bond motifs is 1. The molecule has 5 rings (SSSR count). The van der Waals surface area contributed by atoms with Crippen LogP contribution in [-0.2, 0) is 14.3 Å². The molecular weight excluding hydrogens is 517 g/mol. The fourth-order valence-electron chi connectivity index (χ4n) is 6.81. The van der Waals surface area contributed by atoms with E-state index in [1.54, 1.807) is 12.1 Å². The van der Waals surface area contributed by atoms with E-state index in [0.29, 0.717) is 30.8 Å². The van der Waals surface area contributed by atoms with Gasteiger partial charge in [0.2, 0.25) is 0 Å². The quantitative estimate of drug-likeness (QED) is 0.164. The summed E-state index contributed by atoms with van der Waals surface area (Å²) in [7, 11) is -6.26. The average Bonchev–Trinajstić information content (AvgIpc) is 3.44. The Morgan fingerprint density at radius 1 is 0.872 bits per heavy atom. The van der Waals surface area contributed by atoms with Crippen LogP contribution in [0.2, 0.25) is 5.04 Å². The van der Waals surface area contributed by atoms with Crippen molar-refractivity contribution in [2.24, 2.45) is 5.92 Å². The van der Waals surface area contributed by atoms with E-state index < -0.39 is 22.9 Å². The van der Waals surface area contributed by atoms with Crippen molar-refractivity contribution in [1.29, 1.82) is 0 Å². The van der Waals surface area contributed by atoms with E-state index in [0.717, 1.165) is 18.4 Å². The van der Waals surface area contributed by atoms with Crippen molar-refractivity contribution in [1.82, 2.24) is 0 Å². The molecule has 2 aliphatic rings. The smallest absolute Gasteiger partial charge is 0.261 e. The normalized spacial score (nSPS) is 21.4. The third kappa shape index (κ3) is 4.90. The molecular formula is C34H40O3SSi. The SMILES string of the molecule is CC(C)(C)[Si](OCCC[C@@]1(S(=O)(=O)c2ccccc2)CC=C[C@@H]2CCC=C21)(c1ccccc1)c1ccccc1. The molecule has 0 unspecified atom stereocenters. The van der Waals surface area contributed by atoms with E-state index in [1.165, 1.54) is 10.4 Å². The second-order valence-corrected chi connectivity index (χ2v) is 18.5. The molecule has 2 atom stereocenters. The van der Waals surface area contributed by atoms with Gasteiger partial charge in [-0.15, -0.1) is 0 Å². The first-order chi connectivity index (χ1) is 18.7. The molecule has 0 saturated carbocycles. The van der Waals surface area contributed by atoms with Gasteiger partial charge in [0.05, 0.1) is 4.90 Å². The Morgan fingerprint density at radius 2 is 1.44 bits per heavy atom. The van der Waals surface area contributed by atoms with Crippen LogP contribution >= 0.6 is 0 Å². The molecule has 0 spiro atoms. The predicted octanol–water partition coefficient (Wildman–Crippen LogP) is 6.85. The maximum atomic E-state index is 14.3. The van der Waals surface area contributed by atoms with Gasteiger partial charge in [-0.25, -0.2) is 8.42 Å². The number of sulfone groups is 1. The molecule has 3 aromatic carbocycles. The maximum Gasteiger partial charge on any atom is 0.261 e. The topological polar surface area (TPSA) is 43.4 Å². The number of hydrogen-bond acceptors (Lipinski definition) is 3. The minimum Gasteiger partial charge on any atom is -0.407 e. The van der Waals surface area contributed by atoms with Crippen molar-refractivity contribution >= 4 is 28.5 Å². The molecule has 0 fully saturated rings. The van der Waals surface area contributed by atoms with E-state index in [4.69, 9.17) is 4.43 Å². The zero-order valence-corrected chi connectivity index (χ0v) is 25.2. The zero-order chi connectivity index (χ0) is 27.6. The second kappa shape index (κ2) is 11.0. The molecule has 0 saturated heterocycles. The van der Waals surface area contributed by atoms with E-state index in [2.05, 4.69) is 99.7 Å². The average molecular weight is 557 g/mol. The fraction of sp³-hybridized carbons (Fsp3) is 0.353. The Morgan fingerprint density at radius 3 is 2.00 bits per heavy atom. The third-order valence-corrected chi connectivity index (χ3v) is 16.2. The van der Waals surface area contributed by atoms with E-state index in [1.807, 2.05) is 18.2 Å². The van der Waals surface area contributed by atoms with Gasteiger partial charge in [0, 0.05) is 6.61 Å². The number of rotatable bonds is 9. The Hall–Kier alpha value is -2.73. The summed E-state index contributed by atoms with van der Waals surface area (Å²) in [6, 6.07) is 30.3. The van der Waals surface area contributed by atoms with Crippen LogP contribution in [0.5, 0.6) is 0 Å². The number of hydrogen-bond donors (Lipinski definition) is 0. The van der Waals surface area contributed by atoms with Crippen molar-refractivity contribution in [3.05, 3.63) is 115 Å². The van der Waals surface area contributed by atoms with Gasteiger partial charge in [-0.1, -0.05) is 118 Å². The van der Waals surface area contributed by atoms with Crippen LogP contribution in [0.25, 0.3) is 0 Å².